The molecule has 0 aromatic heterocycles. The molecule has 2 aliphatic rings. The van der Waals surface area contributed by atoms with Gasteiger partial charge in [0.2, 0.25) is 0 Å². The lowest BCUT2D eigenvalue weighted by Crippen LogP contribution is -2.54. The second-order valence-electron chi connectivity index (χ2n) is 5.96. The van der Waals surface area contributed by atoms with Crippen LogP contribution in [0.2, 0.25) is 0 Å². The summed E-state index contributed by atoms with van der Waals surface area (Å²) in [6, 6.07) is 0.112. The van der Waals surface area contributed by atoms with Crippen molar-refractivity contribution in [2.24, 2.45) is 16.8 Å². The Bertz CT molecular complexity index is 296. The van der Waals surface area contributed by atoms with E-state index in [2.05, 4.69) is 21.9 Å². The molecule has 2 fully saturated rings. The molecule has 110 valence electrons. The van der Waals surface area contributed by atoms with E-state index < -0.39 is 0 Å². The molecule has 0 bridgehead atoms. The third kappa shape index (κ3) is 3.83. The van der Waals surface area contributed by atoms with Crippen LogP contribution in [0.1, 0.15) is 39.0 Å². The van der Waals surface area contributed by atoms with Crippen LogP contribution >= 0.6 is 0 Å². The lowest BCUT2D eigenvalue weighted by Gasteiger charge is -2.41. The molecule has 19 heavy (non-hydrogen) atoms. The topological polar surface area (TPSA) is 65.1 Å². The van der Waals surface area contributed by atoms with Crippen LogP contribution in [0.3, 0.4) is 0 Å². The van der Waals surface area contributed by atoms with Crippen LogP contribution in [0.5, 0.6) is 0 Å². The molecule has 1 heterocycles. The second kappa shape index (κ2) is 7.10. The van der Waals surface area contributed by atoms with E-state index in [4.69, 9.17) is 10.9 Å². The third-order valence-corrected chi connectivity index (χ3v) is 4.61. The van der Waals surface area contributed by atoms with Crippen molar-refractivity contribution in [3.63, 3.8) is 0 Å². The smallest absolute Gasteiger partial charge is 0.156 e. The molecule has 2 rings (SSSR count). The normalized spacial score (nSPS) is 25.2. The zero-order valence-corrected chi connectivity index (χ0v) is 12.1. The highest BCUT2D eigenvalue weighted by molar-refractivity contribution is 5.85. The van der Waals surface area contributed by atoms with E-state index in [1.54, 1.807) is 0 Å². The Balaban J connectivity index is 1.79. The van der Waals surface area contributed by atoms with Crippen molar-refractivity contribution in [1.29, 1.82) is 0 Å². The number of piperazine rings is 1. The molecule has 3 N–H and O–H groups in total. The first kappa shape index (κ1) is 14.6. The number of nitrogens with two attached hydrogens (primary N) is 1. The van der Waals surface area contributed by atoms with Gasteiger partial charge in [-0.25, -0.2) is 0 Å². The SMILES string of the molecule is CCCC(C(N)=NO)N1CCN(CC2CCC2)CC1. The summed E-state index contributed by atoms with van der Waals surface area (Å²) in [5.41, 5.74) is 5.82. The van der Waals surface area contributed by atoms with Gasteiger partial charge in [-0.15, -0.1) is 0 Å². The van der Waals surface area contributed by atoms with Crippen molar-refractivity contribution in [3.8, 4) is 0 Å². The van der Waals surface area contributed by atoms with Gasteiger partial charge < -0.3 is 15.8 Å². The first-order valence-corrected chi connectivity index (χ1v) is 7.68. The highest BCUT2D eigenvalue weighted by Gasteiger charge is 2.28. The van der Waals surface area contributed by atoms with Gasteiger partial charge in [-0.2, -0.15) is 0 Å². The summed E-state index contributed by atoms with van der Waals surface area (Å²) in [5.74, 6) is 1.32. The van der Waals surface area contributed by atoms with Crippen molar-refractivity contribution in [3.05, 3.63) is 0 Å². The van der Waals surface area contributed by atoms with E-state index in [0.717, 1.165) is 44.9 Å². The minimum absolute atomic E-state index is 0.112. The standard InChI is InChI=1S/C14H28N4O/c1-2-4-13(14(15)16-19)18-9-7-17(8-10-18)11-12-5-3-6-12/h12-13,19H,2-11H2,1H3,(H2,15,16). The molecule has 1 saturated carbocycles. The lowest BCUT2D eigenvalue weighted by molar-refractivity contribution is 0.0870. The number of nitrogens with zero attached hydrogens (tertiary/aromatic N) is 3. The van der Waals surface area contributed by atoms with E-state index in [1.165, 1.54) is 25.8 Å². The Morgan fingerprint density at radius 1 is 1.32 bits per heavy atom. The summed E-state index contributed by atoms with van der Waals surface area (Å²) in [4.78, 5) is 4.95. The molecule has 1 aliphatic heterocycles. The van der Waals surface area contributed by atoms with Crippen LogP contribution in [-0.2, 0) is 0 Å². The average molecular weight is 268 g/mol. The maximum absolute atomic E-state index is 8.90. The first-order chi connectivity index (χ1) is 9.24. The Hall–Kier alpha value is -0.810. The maximum atomic E-state index is 8.90. The predicted molar refractivity (Wildman–Crippen MR) is 77.5 cm³/mol. The van der Waals surface area contributed by atoms with Gasteiger partial charge >= 0.3 is 0 Å². The summed E-state index contributed by atoms with van der Waals surface area (Å²) in [5, 5.41) is 12.1. The van der Waals surface area contributed by atoms with E-state index in [9.17, 15) is 0 Å². The number of oxime groups is 1. The molecule has 5 nitrogen and oxygen atoms in total. The monoisotopic (exact) mass is 268 g/mol. The van der Waals surface area contributed by atoms with E-state index in [-0.39, 0.29) is 6.04 Å². The van der Waals surface area contributed by atoms with Gasteiger partial charge in [0.15, 0.2) is 5.84 Å². The Morgan fingerprint density at radius 3 is 2.47 bits per heavy atom. The third-order valence-electron chi connectivity index (χ3n) is 4.61. The molecule has 5 heteroatoms. The Labute approximate surface area is 116 Å². The van der Waals surface area contributed by atoms with Crippen molar-refractivity contribution in [2.45, 2.75) is 45.1 Å². The molecular formula is C14H28N4O. The fraction of sp³-hybridized carbons (Fsp3) is 0.929. The molecular weight excluding hydrogens is 240 g/mol. The minimum Gasteiger partial charge on any atom is -0.409 e. The van der Waals surface area contributed by atoms with E-state index >= 15 is 0 Å². The van der Waals surface area contributed by atoms with Crippen LogP contribution in [0.25, 0.3) is 0 Å². The van der Waals surface area contributed by atoms with Gasteiger partial charge in [0.1, 0.15) is 0 Å². The molecule has 1 unspecified atom stereocenters. The lowest BCUT2D eigenvalue weighted by atomic mass is 9.85. The van der Waals surface area contributed by atoms with Crippen LogP contribution in [0, 0.1) is 5.92 Å². The largest absolute Gasteiger partial charge is 0.409 e. The quantitative estimate of drug-likeness (QED) is 0.330. The molecule has 0 radical (unpaired) electrons. The summed E-state index contributed by atoms with van der Waals surface area (Å²) in [7, 11) is 0. The van der Waals surface area contributed by atoms with Crippen molar-refractivity contribution in [2.75, 3.05) is 32.7 Å². The molecule has 0 aromatic carbocycles. The molecule has 0 aromatic rings. The number of hydrogen-bond donors (Lipinski definition) is 2. The van der Waals surface area contributed by atoms with E-state index in [0.29, 0.717) is 5.84 Å². The van der Waals surface area contributed by atoms with Crippen molar-refractivity contribution < 1.29 is 5.21 Å². The maximum Gasteiger partial charge on any atom is 0.156 e. The van der Waals surface area contributed by atoms with Gasteiger partial charge in [-0.1, -0.05) is 24.9 Å². The summed E-state index contributed by atoms with van der Waals surface area (Å²) in [6.45, 7) is 7.73. The van der Waals surface area contributed by atoms with E-state index in [1.807, 2.05) is 0 Å². The average Bonchev–Trinajstić information content (AvgIpc) is 2.40. The molecule has 1 atom stereocenters. The van der Waals surface area contributed by atoms with Crippen LogP contribution in [0.4, 0.5) is 0 Å². The highest BCUT2D eigenvalue weighted by Crippen LogP contribution is 2.27. The molecule has 0 amide bonds. The van der Waals surface area contributed by atoms with Gasteiger partial charge in [-0.3, -0.25) is 4.90 Å². The fourth-order valence-electron chi connectivity index (χ4n) is 3.16. The summed E-state index contributed by atoms with van der Waals surface area (Å²) < 4.78 is 0. The van der Waals surface area contributed by atoms with Crippen LogP contribution in [0.15, 0.2) is 5.16 Å². The predicted octanol–water partition coefficient (Wildman–Crippen LogP) is 1.32. The van der Waals surface area contributed by atoms with Gasteiger partial charge in [0, 0.05) is 32.7 Å². The Kier molecular flexibility index (Phi) is 5.45. The summed E-state index contributed by atoms with van der Waals surface area (Å²) in [6.07, 6.45) is 6.29. The van der Waals surface area contributed by atoms with Crippen molar-refractivity contribution >= 4 is 5.84 Å². The highest BCUT2D eigenvalue weighted by atomic mass is 16.4. The second-order valence-corrected chi connectivity index (χ2v) is 5.96. The van der Waals surface area contributed by atoms with Crippen LogP contribution < -0.4 is 5.73 Å². The Morgan fingerprint density at radius 2 is 2.00 bits per heavy atom. The minimum atomic E-state index is 0.112. The fourth-order valence-corrected chi connectivity index (χ4v) is 3.16. The van der Waals surface area contributed by atoms with Gasteiger partial charge in [-0.05, 0) is 25.2 Å². The molecule has 1 saturated heterocycles. The zero-order valence-electron chi connectivity index (χ0n) is 12.1. The zero-order chi connectivity index (χ0) is 13.7. The molecule has 1 aliphatic carbocycles. The number of amidine groups is 1. The van der Waals surface area contributed by atoms with Crippen LogP contribution in [-0.4, -0.2) is 59.6 Å². The number of hydrogen-bond acceptors (Lipinski definition) is 4. The first-order valence-electron chi connectivity index (χ1n) is 7.68. The van der Waals surface area contributed by atoms with Gasteiger partial charge in [0.05, 0.1) is 6.04 Å². The van der Waals surface area contributed by atoms with Crippen molar-refractivity contribution in [1.82, 2.24) is 9.80 Å². The van der Waals surface area contributed by atoms with Gasteiger partial charge in [0.25, 0.3) is 0 Å². The number of rotatable bonds is 6. The molecule has 0 spiro atoms. The summed E-state index contributed by atoms with van der Waals surface area (Å²) >= 11 is 0.